The fourth-order valence-corrected chi connectivity index (χ4v) is 2.26. The summed E-state index contributed by atoms with van der Waals surface area (Å²) < 4.78 is 10.2. The van der Waals surface area contributed by atoms with Crippen LogP contribution in [0.1, 0.15) is 15.9 Å². The Labute approximate surface area is 160 Å². The number of amides is 2. The van der Waals surface area contributed by atoms with Crippen molar-refractivity contribution in [1.29, 1.82) is 0 Å². The predicted octanol–water partition coefficient (Wildman–Crippen LogP) is 1.94. The summed E-state index contributed by atoms with van der Waals surface area (Å²) in [6.45, 7) is -0.286. The minimum absolute atomic E-state index is 0.0286. The Morgan fingerprint density at radius 1 is 1.15 bits per heavy atom. The van der Waals surface area contributed by atoms with Crippen molar-refractivity contribution >= 4 is 29.6 Å². The topological polar surface area (TPSA) is 109 Å². The molecule has 2 rings (SSSR count). The number of nitrogens with zero attached hydrogens (tertiary/aromatic N) is 1. The number of rotatable bonds is 7. The molecule has 0 spiro atoms. The van der Waals surface area contributed by atoms with Gasteiger partial charge in [0.1, 0.15) is 5.75 Å². The van der Waals surface area contributed by atoms with E-state index < -0.39 is 11.8 Å². The molecule has 0 aliphatic carbocycles. The molecule has 0 aliphatic rings. The van der Waals surface area contributed by atoms with Crippen LogP contribution in [-0.2, 0) is 4.79 Å². The van der Waals surface area contributed by atoms with Crippen molar-refractivity contribution in [3.05, 3.63) is 52.5 Å². The van der Waals surface area contributed by atoms with E-state index in [0.29, 0.717) is 27.6 Å². The smallest absolute Gasteiger partial charge is 0.259 e. The third kappa shape index (κ3) is 5.61. The summed E-state index contributed by atoms with van der Waals surface area (Å²) in [5, 5.41) is 16.2. The molecule has 142 valence electrons. The highest BCUT2D eigenvalue weighted by molar-refractivity contribution is 6.30. The number of hydrogen-bond acceptors (Lipinski definition) is 6. The molecular weight excluding hydrogens is 374 g/mol. The highest BCUT2D eigenvalue weighted by atomic mass is 35.5. The molecule has 0 atom stereocenters. The van der Waals surface area contributed by atoms with E-state index in [9.17, 15) is 14.7 Å². The van der Waals surface area contributed by atoms with Crippen molar-refractivity contribution in [1.82, 2.24) is 10.7 Å². The molecule has 0 heterocycles. The minimum Gasteiger partial charge on any atom is -0.507 e. The number of benzene rings is 2. The summed E-state index contributed by atoms with van der Waals surface area (Å²) >= 11 is 5.82. The van der Waals surface area contributed by atoms with Crippen molar-refractivity contribution in [2.24, 2.45) is 5.10 Å². The van der Waals surface area contributed by atoms with Gasteiger partial charge >= 0.3 is 0 Å². The van der Waals surface area contributed by atoms with Crippen LogP contribution in [0, 0.1) is 0 Å². The van der Waals surface area contributed by atoms with Crippen LogP contribution in [0.2, 0.25) is 5.02 Å². The van der Waals surface area contributed by atoms with E-state index in [0.717, 1.165) is 0 Å². The summed E-state index contributed by atoms with van der Waals surface area (Å²) in [7, 11) is 2.95. The zero-order valence-corrected chi connectivity index (χ0v) is 15.4. The summed E-state index contributed by atoms with van der Waals surface area (Å²) in [5.41, 5.74) is 2.90. The third-order valence-electron chi connectivity index (χ3n) is 3.44. The van der Waals surface area contributed by atoms with Crippen molar-refractivity contribution in [2.75, 3.05) is 20.8 Å². The van der Waals surface area contributed by atoms with E-state index in [1.54, 1.807) is 12.1 Å². The Hall–Kier alpha value is -3.26. The number of hydrazone groups is 1. The number of carbonyl (C=O) groups excluding carboxylic acids is 2. The maximum absolute atomic E-state index is 12.1. The van der Waals surface area contributed by atoms with E-state index in [1.807, 2.05) is 0 Å². The average molecular weight is 392 g/mol. The Morgan fingerprint density at radius 2 is 1.89 bits per heavy atom. The average Bonchev–Trinajstić information content (AvgIpc) is 2.68. The number of hydrogen-bond donors (Lipinski definition) is 3. The van der Waals surface area contributed by atoms with E-state index >= 15 is 0 Å². The molecule has 0 unspecified atom stereocenters. The molecule has 9 heteroatoms. The molecule has 0 saturated carbocycles. The van der Waals surface area contributed by atoms with E-state index in [4.69, 9.17) is 21.1 Å². The minimum atomic E-state index is -0.540. The van der Waals surface area contributed by atoms with Crippen molar-refractivity contribution < 1.29 is 24.2 Å². The zero-order chi connectivity index (χ0) is 19.8. The van der Waals surface area contributed by atoms with Crippen LogP contribution >= 0.6 is 11.6 Å². The summed E-state index contributed by atoms with van der Waals surface area (Å²) in [6, 6.07) is 9.08. The third-order valence-corrected chi connectivity index (χ3v) is 3.67. The van der Waals surface area contributed by atoms with Crippen LogP contribution in [0.15, 0.2) is 41.5 Å². The molecule has 3 N–H and O–H groups in total. The van der Waals surface area contributed by atoms with Gasteiger partial charge in [0.05, 0.1) is 27.0 Å². The maximum atomic E-state index is 12.1. The Bertz CT molecular complexity index is 870. The number of halogens is 1. The lowest BCUT2D eigenvalue weighted by molar-refractivity contribution is -0.120. The first-order valence-electron chi connectivity index (χ1n) is 7.75. The van der Waals surface area contributed by atoms with Crippen molar-refractivity contribution in [2.45, 2.75) is 0 Å². The van der Waals surface area contributed by atoms with Gasteiger partial charge in [0, 0.05) is 16.1 Å². The second-order valence-electron chi connectivity index (χ2n) is 5.25. The van der Waals surface area contributed by atoms with Gasteiger partial charge in [-0.15, -0.1) is 0 Å². The Kier molecular flexibility index (Phi) is 7.01. The van der Waals surface area contributed by atoms with Gasteiger partial charge in [0.2, 0.25) is 0 Å². The van der Waals surface area contributed by atoms with Gasteiger partial charge in [0.25, 0.3) is 11.8 Å². The number of carbonyl (C=O) groups is 2. The van der Waals surface area contributed by atoms with Gasteiger partial charge in [-0.3, -0.25) is 9.59 Å². The second-order valence-corrected chi connectivity index (χ2v) is 5.69. The number of phenolic OH excluding ortho intramolecular Hbond substituents is 1. The first-order chi connectivity index (χ1) is 12.9. The Morgan fingerprint density at radius 3 is 2.59 bits per heavy atom. The molecule has 2 aromatic carbocycles. The highest BCUT2D eigenvalue weighted by Crippen LogP contribution is 2.27. The molecule has 0 aliphatic heterocycles. The maximum Gasteiger partial charge on any atom is 0.259 e. The van der Waals surface area contributed by atoms with E-state index in [1.165, 1.54) is 44.7 Å². The number of aromatic hydroxyl groups is 1. The van der Waals surface area contributed by atoms with E-state index in [2.05, 4.69) is 15.8 Å². The highest BCUT2D eigenvalue weighted by Gasteiger charge is 2.11. The quantitative estimate of drug-likeness (QED) is 0.493. The van der Waals surface area contributed by atoms with Gasteiger partial charge < -0.3 is 19.9 Å². The number of methoxy groups -OCH3 is 2. The first-order valence-corrected chi connectivity index (χ1v) is 8.13. The molecular formula is C18H18ClN3O5. The number of phenols is 1. The van der Waals surface area contributed by atoms with Crippen LogP contribution in [0.3, 0.4) is 0 Å². The largest absolute Gasteiger partial charge is 0.507 e. The van der Waals surface area contributed by atoms with E-state index in [-0.39, 0.29) is 12.3 Å². The molecule has 0 radical (unpaired) electrons. The van der Waals surface area contributed by atoms with Crippen molar-refractivity contribution in [3.8, 4) is 17.2 Å². The lowest BCUT2D eigenvalue weighted by atomic mass is 10.2. The van der Waals surface area contributed by atoms with Crippen molar-refractivity contribution in [3.63, 3.8) is 0 Å². The lowest BCUT2D eigenvalue weighted by Gasteiger charge is -2.09. The van der Waals surface area contributed by atoms with Gasteiger partial charge in [-0.25, -0.2) is 5.43 Å². The van der Waals surface area contributed by atoms with Gasteiger partial charge in [-0.1, -0.05) is 11.6 Å². The lowest BCUT2D eigenvalue weighted by Crippen LogP contribution is -2.34. The monoisotopic (exact) mass is 391 g/mol. The Balaban J connectivity index is 1.89. The number of ether oxygens (including phenoxy) is 2. The molecule has 0 aromatic heterocycles. The zero-order valence-electron chi connectivity index (χ0n) is 14.7. The standard InChI is InChI=1S/C18H18ClN3O5/c1-26-15-6-3-11(8-16(15)27-2)18(25)20-10-17(24)22-21-9-12-7-13(19)4-5-14(12)23/h3-9,23H,10H2,1-2H3,(H,20,25)(H,22,24)/b21-9+. The van der Waals surface area contributed by atoms with Gasteiger partial charge in [0.15, 0.2) is 11.5 Å². The van der Waals surface area contributed by atoms with Crippen LogP contribution in [0.25, 0.3) is 0 Å². The predicted molar refractivity (Wildman–Crippen MR) is 101 cm³/mol. The summed E-state index contributed by atoms with van der Waals surface area (Å²) in [5.74, 6) is -0.130. The SMILES string of the molecule is COc1ccc(C(=O)NCC(=O)N/N=C/c2cc(Cl)ccc2O)cc1OC. The van der Waals surface area contributed by atoms with Crippen LogP contribution in [0.5, 0.6) is 17.2 Å². The number of nitrogens with one attached hydrogen (secondary N) is 2. The molecule has 27 heavy (non-hydrogen) atoms. The fourth-order valence-electron chi connectivity index (χ4n) is 2.08. The fraction of sp³-hybridized carbons (Fsp3) is 0.167. The molecule has 0 bridgehead atoms. The van der Waals surface area contributed by atoms with Crippen LogP contribution < -0.4 is 20.2 Å². The first kappa shape index (κ1) is 20.1. The molecule has 0 fully saturated rings. The van der Waals surface area contributed by atoms with Gasteiger partial charge in [-0.05, 0) is 36.4 Å². The summed E-state index contributed by atoms with van der Waals surface area (Å²) in [6.07, 6.45) is 1.25. The van der Waals surface area contributed by atoms with Crippen LogP contribution in [0.4, 0.5) is 0 Å². The van der Waals surface area contributed by atoms with Crippen LogP contribution in [-0.4, -0.2) is 43.9 Å². The molecule has 2 aromatic rings. The normalized spacial score (nSPS) is 10.5. The second kappa shape index (κ2) is 9.44. The molecule has 8 nitrogen and oxygen atoms in total. The molecule has 0 saturated heterocycles. The van der Waals surface area contributed by atoms with Gasteiger partial charge in [-0.2, -0.15) is 5.10 Å². The summed E-state index contributed by atoms with van der Waals surface area (Å²) in [4.78, 5) is 23.9. The molecule has 2 amide bonds.